The average Bonchev–Trinajstić information content (AvgIpc) is 2.72. The highest BCUT2D eigenvalue weighted by Gasteiger charge is 2.27. The molecule has 0 aliphatic heterocycles. The standard InChI is InChI=1S/C20H26N2O5S/c1-3-27-15-7-14-21-20(23)16-22(17-8-5-4-6-9-17)28(24,25)19-12-10-18(26-2)11-13-19/h4-6,8-13H,3,7,14-16H2,1-2H3,(H,21,23). The van der Waals surface area contributed by atoms with Crippen LogP contribution in [-0.2, 0) is 19.6 Å². The molecule has 2 aromatic carbocycles. The van der Waals surface area contributed by atoms with Gasteiger partial charge in [0.25, 0.3) is 10.0 Å². The third-order valence-corrected chi connectivity index (χ3v) is 5.76. The van der Waals surface area contributed by atoms with Crippen LogP contribution < -0.4 is 14.4 Å². The molecule has 1 amide bonds. The number of methoxy groups -OCH3 is 1. The Kier molecular flexibility index (Phi) is 8.28. The molecule has 7 nitrogen and oxygen atoms in total. The molecule has 0 saturated carbocycles. The molecular weight excluding hydrogens is 380 g/mol. The van der Waals surface area contributed by atoms with Gasteiger partial charge in [-0.2, -0.15) is 0 Å². The largest absolute Gasteiger partial charge is 0.497 e. The van der Waals surface area contributed by atoms with Crippen LogP contribution in [0.3, 0.4) is 0 Å². The van der Waals surface area contributed by atoms with Crippen molar-refractivity contribution >= 4 is 21.6 Å². The van der Waals surface area contributed by atoms with E-state index in [-0.39, 0.29) is 17.3 Å². The lowest BCUT2D eigenvalue weighted by Crippen LogP contribution is -2.41. The summed E-state index contributed by atoms with van der Waals surface area (Å²) in [4.78, 5) is 12.4. The second-order valence-electron chi connectivity index (χ2n) is 5.92. The summed E-state index contributed by atoms with van der Waals surface area (Å²) >= 11 is 0. The van der Waals surface area contributed by atoms with Crippen molar-refractivity contribution in [2.75, 3.05) is 37.7 Å². The van der Waals surface area contributed by atoms with Crippen molar-refractivity contribution in [3.8, 4) is 5.75 Å². The number of sulfonamides is 1. The van der Waals surface area contributed by atoms with Crippen molar-refractivity contribution in [1.29, 1.82) is 0 Å². The number of nitrogens with zero attached hydrogens (tertiary/aromatic N) is 1. The summed E-state index contributed by atoms with van der Waals surface area (Å²) in [5.41, 5.74) is 0.419. The predicted octanol–water partition coefficient (Wildman–Crippen LogP) is 2.43. The summed E-state index contributed by atoms with van der Waals surface area (Å²) in [5.74, 6) is 0.176. The van der Waals surface area contributed by atoms with Crippen molar-refractivity contribution in [2.45, 2.75) is 18.2 Å². The third kappa shape index (κ3) is 5.97. The molecule has 0 unspecified atom stereocenters. The number of carbonyl (C=O) groups is 1. The zero-order valence-corrected chi connectivity index (χ0v) is 16.9. The summed E-state index contributed by atoms with van der Waals surface area (Å²) in [6.07, 6.45) is 0.663. The lowest BCUT2D eigenvalue weighted by Gasteiger charge is -2.24. The molecule has 0 radical (unpaired) electrons. The van der Waals surface area contributed by atoms with Gasteiger partial charge in [-0.15, -0.1) is 0 Å². The lowest BCUT2D eigenvalue weighted by atomic mass is 10.3. The first-order valence-corrected chi connectivity index (χ1v) is 10.5. The Morgan fingerprint density at radius 2 is 1.75 bits per heavy atom. The van der Waals surface area contributed by atoms with Gasteiger partial charge in [0.05, 0.1) is 17.7 Å². The monoisotopic (exact) mass is 406 g/mol. The molecule has 8 heteroatoms. The van der Waals surface area contributed by atoms with Gasteiger partial charge < -0.3 is 14.8 Å². The van der Waals surface area contributed by atoms with Gasteiger partial charge in [0.2, 0.25) is 5.91 Å². The van der Waals surface area contributed by atoms with Crippen molar-refractivity contribution in [3.05, 3.63) is 54.6 Å². The molecule has 0 fully saturated rings. The Hall–Kier alpha value is -2.58. The van der Waals surface area contributed by atoms with Crippen molar-refractivity contribution < 1.29 is 22.7 Å². The molecule has 152 valence electrons. The molecule has 2 aromatic rings. The van der Waals surface area contributed by atoms with E-state index < -0.39 is 10.0 Å². The zero-order valence-electron chi connectivity index (χ0n) is 16.1. The summed E-state index contributed by atoms with van der Waals surface area (Å²) in [6.45, 7) is 3.18. The summed E-state index contributed by atoms with van der Waals surface area (Å²) < 4.78 is 37.8. The maximum atomic E-state index is 13.2. The van der Waals surface area contributed by atoms with Crippen LogP contribution in [0.1, 0.15) is 13.3 Å². The van der Waals surface area contributed by atoms with Crippen LogP contribution in [0.4, 0.5) is 5.69 Å². The van der Waals surface area contributed by atoms with Crippen molar-refractivity contribution in [3.63, 3.8) is 0 Å². The number of benzene rings is 2. The van der Waals surface area contributed by atoms with Gasteiger partial charge in [-0.05, 0) is 49.7 Å². The first-order valence-electron chi connectivity index (χ1n) is 9.05. The molecule has 0 aliphatic rings. The van der Waals surface area contributed by atoms with Crippen LogP contribution >= 0.6 is 0 Å². The van der Waals surface area contributed by atoms with E-state index in [1.165, 1.54) is 19.2 Å². The van der Waals surface area contributed by atoms with E-state index in [2.05, 4.69) is 5.32 Å². The van der Waals surface area contributed by atoms with E-state index in [1.807, 2.05) is 6.92 Å². The first kappa shape index (κ1) is 21.7. The molecule has 0 atom stereocenters. The normalized spacial score (nSPS) is 11.1. The molecule has 0 aromatic heterocycles. The Morgan fingerprint density at radius 1 is 1.07 bits per heavy atom. The second-order valence-corrected chi connectivity index (χ2v) is 7.79. The maximum absolute atomic E-state index is 13.2. The third-order valence-electron chi connectivity index (χ3n) is 3.97. The highest BCUT2D eigenvalue weighted by atomic mass is 32.2. The number of amides is 1. The van der Waals surface area contributed by atoms with Gasteiger partial charge in [0.15, 0.2) is 0 Å². The minimum atomic E-state index is -3.92. The average molecular weight is 407 g/mol. The summed E-state index contributed by atoms with van der Waals surface area (Å²) in [5, 5.41) is 2.74. The van der Waals surface area contributed by atoms with Crippen LogP contribution in [0.5, 0.6) is 5.75 Å². The van der Waals surface area contributed by atoms with E-state index >= 15 is 0 Å². The topological polar surface area (TPSA) is 84.9 Å². The molecule has 0 saturated heterocycles. The second kappa shape index (κ2) is 10.7. The van der Waals surface area contributed by atoms with E-state index in [9.17, 15) is 13.2 Å². The maximum Gasteiger partial charge on any atom is 0.264 e. The number of carbonyl (C=O) groups excluding carboxylic acids is 1. The number of hydrogen-bond donors (Lipinski definition) is 1. The number of anilines is 1. The fourth-order valence-corrected chi connectivity index (χ4v) is 3.94. The Bertz CT molecular complexity index is 839. The van der Waals surface area contributed by atoms with Crippen LogP contribution in [0.25, 0.3) is 0 Å². The fraction of sp³-hybridized carbons (Fsp3) is 0.350. The van der Waals surface area contributed by atoms with E-state index in [1.54, 1.807) is 42.5 Å². The van der Waals surface area contributed by atoms with Crippen LogP contribution in [0, 0.1) is 0 Å². The van der Waals surface area contributed by atoms with Crippen molar-refractivity contribution in [1.82, 2.24) is 5.32 Å². The molecule has 1 N–H and O–H groups in total. The predicted molar refractivity (Wildman–Crippen MR) is 108 cm³/mol. The van der Waals surface area contributed by atoms with Gasteiger partial charge >= 0.3 is 0 Å². The minimum Gasteiger partial charge on any atom is -0.497 e. The SMILES string of the molecule is CCOCCCNC(=O)CN(c1ccccc1)S(=O)(=O)c1ccc(OC)cc1. The van der Waals surface area contributed by atoms with Crippen LogP contribution in [0.2, 0.25) is 0 Å². The van der Waals surface area contributed by atoms with Crippen molar-refractivity contribution in [2.24, 2.45) is 0 Å². The van der Waals surface area contributed by atoms with Gasteiger partial charge in [-0.3, -0.25) is 9.10 Å². The highest BCUT2D eigenvalue weighted by molar-refractivity contribution is 7.92. The van der Waals surface area contributed by atoms with Crippen LogP contribution in [0.15, 0.2) is 59.5 Å². The molecule has 0 aliphatic carbocycles. The Morgan fingerprint density at radius 3 is 2.36 bits per heavy atom. The number of ether oxygens (including phenoxy) is 2. The molecule has 0 heterocycles. The summed E-state index contributed by atoms with van der Waals surface area (Å²) in [7, 11) is -2.41. The number of nitrogens with one attached hydrogen (secondary N) is 1. The minimum absolute atomic E-state index is 0.0845. The molecular formula is C20H26N2O5S. The van der Waals surface area contributed by atoms with Gasteiger partial charge in [-0.25, -0.2) is 8.42 Å². The highest BCUT2D eigenvalue weighted by Crippen LogP contribution is 2.24. The molecule has 2 rings (SSSR count). The first-order chi connectivity index (χ1) is 13.5. The zero-order chi connectivity index (χ0) is 20.4. The lowest BCUT2D eigenvalue weighted by molar-refractivity contribution is -0.119. The molecule has 0 bridgehead atoms. The van der Waals surface area contributed by atoms with E-state index in [0.29, 0.717) is 37.6 Å². The summed E-state index contributed by atoms with van der Waals surface area (Å²) in [6, 6.07) is 14.6. The smallest absolute Gasteiger partial charge is 0.264 e. The number of hydrogen-bond acceptors (Lipinski definition) is 5. The van der Waals surface area contributed by atoms with E-state index in [4.69, 9.17) is 9.47 Å². The van der Waals surface area contributed by atoms with Gasteiger partial charge in [0.1, 0.15) is 12.3 Å². The van der Waals surface area contributed by atoms with Gasteiger partial charge in [-0.1, -0.05) is 18.2 Å². The van der Waals surface area contributed by atoms with Crippen LogP contribution in [-0.4, -0.2) is 47.7 Å². The Balaban J connectivity index is 2.18. The quantitative estimate of drug-likeness (QED) is 0.580. The number of para-hydroxylation sites is 1. The molecule has 0 spiro atoms. The van der Waals surface area contributed by atoms with Gasteiger partial charge in [0, 0.05) is 19.8 Å². The number of rotatable bonds is 11. The molecule has 28 heavy (non-hydrogen) atoms. The fourth-order valence-electron chi connectivity index (χ4n) is 2.52. The Labute approximate surface area is 166 Å². The van der Waals surface area contributed by atoms with E-state index in [0.717, 1.165) is 4.31 Å².